The molecule has 2 aromatic rings. The number of rotatable bonds is 1. The van der Waals surface area contributed by atoms with Crippen molar-refractivity contribution in [1.82, 2.24) is 14.8 Å². The molecule has 0 bridgehead atoms. The summed E-state index contributed by atoms with van der Waals surface area (Å²) in [5, 5.41) is 9.53. The van der Waals surface area contributed by atoms with Crippen LogP contribution in [0, 0.1) is 12.8 Å². The predicted molar refractivity (Wildman–Crippen MR) is 81.0 cm³/mol. The number of hydrogen-bond acceptors (Lipinski definition) is 3. The second-order valence-electron chi connectivity index (χ2n) is 6.30. The first-order valence-corrected chi connectivity index (χ1v) is 7.92. The topological polar surface area (TPSA) is 42.7 Å². The van der Waals surface area contributed by atoms with Crippen LogP contribution in [0.4, 0.5) is 5.82 Å². The Morgan fingerprint density at radius 2 is 2.00 bits per heavy atom. The van der Waals surface area contributed by atoms with Gasteiger partial charge in [-0.25, -0.2) is 9.67 Å². The zero-order chi connectivity index (χ0) is 13.5. The van der Waals surface area contributed by atoms with Crippen LogP contribution in [-0.4, -0.2) is 21.3 Å². The summed E-state index contributed by atoms with van der Waals surface area (Å²) in [7, 11) is 0. The van der Waals surface area contributed by atoms with Crippen LogP contribution in [0.5, 0.6) is 0 Å². The van der Waals surface area contributed by atoms with Gasteiger partial charge in [0, 0.05) is 12.2 Å². The van der Waals surface area contributed by atoms with E-state index in [2.05, 4.69) is 27.1 Å². The molecule has 1 atom stereocenters. The van der Waals surface area contributed by atoms with Gasteiger partial charge < -0.3 is 5.32 Å². The lowest BCUT2D eigenvalue weighted by molar-refractivity contribution is 0.223. The van der Waals surface area contributed by atoms with E-state index in [1.165, 1.54) is 49.7 Å². The third-order valence-corrected chi connectivity index (χ3v) is 4.94. The highest BCUT2D eigenvalue weighted by molar-refractivity contribution is 5.87. The molecule has 1 saturated carbocycles. The molecule has 1 unspecified atom stereocenters. The van der Waals surface area contributed by atoms with E-state index >= 15 is 0 Å². The van der Waals surface area contributed by atoms with Crippen LogP contribution in [0.1, 0.15) is 50.3 Å². The van der Waals surface area contributed by atoms with Gasteiger partial charge in [-0.3, -0.25) is 0 Å². The molecule has 0 aromatic carbocycles. The Balaban J connectivity index is 1.78. The van der Waals surface area contributed by atoms with E-state index in [1.807, 2.05) is 6.92 Å². The third kappa shape index (κ3) is 1.89. The highest BCUT2D eigenvalue weighted by Crippen LogP contribution is 2.39. The normalized spacial score (nSPS) is 23.6. The van der Waals surface area contributed by atoms with Crippen molar-refractivity contribution >= 4 is 16.9 Å². The average Bonchev–Trinajstić information content (AvgIpc) is 2.85. The van der Waals surface area contributed by atoms with Crippen LogP contribution in [0.15, 0.2) is 12.1 Å². The van der Waals surface area contributed by atoms with Crippen LogP contribution in [0.25, 0.3) is 11.0 Å². The lowest BCUT2D eigenvalue weighted by atomic mass is 9.82. The molecule has 0 spiro atoms. The molecule has 20 heavy (non-hydrogen) atoms. The minimum atomic E-state index is 0.570. The number of pyridine rings is 1. The molecule has 106 valence electrons. The monoisotopic (exact) mass is 270 g/mol. The van der Waals surface area contributed by atoms with Crippen molar-refractivity contribution in [3.8, 4) is 0 Å². The van der Waals surface area contributed by atoms with Crippen molar-refractivity contribution in [2.45, 2.75) is 51.5 Å². The second-order valence-corrected chi connectivity index (χ2v) is 6.30. The predicted octanol–water partition coefficient (Wildman–Crippen LogP) is 3.68. The van der Waals surface area contributed by atoms with Crippen LogP contribution in [0.3, 0.4) is 0 Å². The van der Waals surface area contributed by atoms with Gasteiger partial charge >= 0.3 is 0 Å². The standard InChI is InChI=1S/C16H22N4/c1-11-7-8-13-15(18-11)19-20-14(9-10-17-16(13)20)12-5-3-2-4-6-12/h7-8,12,14,17H,2-6,9-10H2,1H3. The zero-order valence-electron chi connectivity index (χ0n) is 12.1. The fourth-order valence-corrected chi connectivity index (χ4v) is 3.91. The molecule has 0 amide bonds. The Morgan fingerprint density at radius 1 is 1.15 bits per heavy atom. The number of anilines is 1. The number of aryl methyl sites for hydroxylation is 1. The molecule has 4 nitrogen and oxygen atoms in total. The van der Waals surface area contributed by atoms with E-state index in [-0.39, 0.29) is 0 Å². The Morgan fingerprint density at radius 3 is 2.85 bits per heavy atom. The van der Waals surface area contributed by atoms with Crippen molar-refractivity contribution in [2.75, 3.05) is 11.9 Å². The van der Waals surface area contributed by atoms with Crippen molar-refractivity contribution in [1.29, 1.82) is 0 Å². The molecule has 3 heterocycles. The Kier molecular flexibility index (Phi) is 2.90. The molecule has 4 rings (SSSR count). The first-order chi connectivity index (χ1) is 9.83. The molecule has 2 aliphatic rings. The minimum Gasteiger partial charge on any atom is -0.370 e. The van der Waals surface area contributed by atoms with E-state index in [0.717, 1.165) is 23.8 Å². The molecule has 1 fully saturated rings. The SMILES string of the molecule is Cc1ccc2c3n(nc2n1)C(C1CCCCC1)CCN3. The summed E-state index contributed by atoms with van der Waals surface area (Å²) in [5.74, 6) is 1.99. The van der Waals surface area contributed by atoms with Crippen LogP contribution < -0.4 is 5.32 Å². The maximum Gasteiger partial charge on any atom is 0.183 e. The van der Waals surface area contributed by atoms with Gasteiger partial charge in [0.05, 0.1) is 11.4 Å². The molecule has 1 aliphatic carbocycles. The van der Waals surface area contributed by atoms with E-state index in [0.29, 0.717) is 6.04 Å². The summed E-state index contributed by atoms with van der Waals surface area (Å²) in [4.78, 5) is 4.59. The second kappa shape index (κ2) is 4.76. The quantitative estimate of drug-likeness (QED) is 0.859. The molecular formula is C16H22N4. The van der Waals surface area contributed by atoms with Gasteiger partial charge in [-0.2, -0.15) is 5.10 Å². The maximum atomic E-state index is 4.81. The Bertz CT molecular complexity index is 625. The maximum absolute atomic E-state index is 4.81. The summed E-state index contributed by atoms with van der Waals surface area (Å²) in [5.41, 5.74) is 1.94. The Hall–Kier alpha value is -1.58. The molecule has 0 saturated heterocycles. The molecule has 0 radical (unpaired) electrons. The van der Waals surface area contributed by atoms with Crippen molar-refractivity contribution < 1.29 is 0 Å². The van der Waals surface area contributed by atoms with Crippen LogP contribution in [-0.2, 0) is 0 Å². The number of aromatic nitrogens is 3. The average molecular weight is 270 g/mol. The van der Waals surface area contributed by atoms with Gasteiger partial charge in [0.15, 0.2) is 5.65 Å². The zero-order valence-corrected chi connectivity index (χ0v) is 12.1. The van der Waals surface area contributed by atoms with Gasteiger partial charge in [0.25, 0.3) is 0 Å². The highest BCUT2D eigenvalue weighted by Gasteiger charge is 2.30. The molecule has 4 heteroatoms. The minimum absolute atomic E-state index is 0.570. The fraction of sp³-hybridized carbons (Fsp3) is 0.625. The highest BCUT2D eigenvalue weighted by atomic mass is 15.4. The van der Waals surface area contributed by atoms with Gasteiger partial charge in [-0.15, -0.1) is 0 Å². The van der Waals surface area contributed by atoms with Gasteiger partial charge in [0.2, 0.25) is 0 Å². The Labute approximate surface area is 119 Å². The van der Waals surface area contributed by atoms with Gasteiger partial charge in [-0.1, -0.05) is 19.3 Å². The summed E-state index contributed by atoms with van der Waals surface area (Å²) < 4.78 is 2.25. The summed E-state index contributed by atoms with van der Waals surface area (Å²) in [6, 6.07) is 4.81. The van der Waals surface area contributed by atoms with Crippen molar-refractivity contribution in [3.05, 3.63) is 17.8 Å². The van der Waals surface area contributed by atoms with E-state index in [9.17, 15) is 0 Å². The first-order valence-electron chi connectivity index (χ1n) is 7.92. The molecular weight excluding hydrogens is 248 g/mol. The summed E-state index contributed by atoms with van der Waals surface area (Å²) >= 11 is 0. The van der Waals surface area contributed by atoms with E-state index < -0.39 is 0 Å². The fourth-order valence-electron chi connectivity index (χ4n) is 3.91. The van der Waals surface area contributed by atoms with E-state index in [4.69, 9.17) is 5.10 Å². The lowest BCUT2D eigenvalue weighted by Gasteiger charge is -2.34. The van der Waals surface area contributed by atoms with Crippen molar-refractivity contribution in [2.24, 2.45) is 5.92 Å². The molecule has 1 aliphatic heterocycles. The van der Waals surface area contributed by atoms with Crippen LogP contribution in [0.2, 0.25) is 0 Å². The lowest BCUT2D eigenvalue weighted by Crippen LogP contribution is -2.30. The van der Waals surface area contributed by atoms with E-state index in [1.54, 1.807) is 0 Å². The third-order valence-electron chi connectivity index (χ3n) is 4.94. The van der Waals surface area contributed by atoms with Gasteiger partial charge in [0.1, 0.15) is 5.82 Å². The smallest absolute Gasteiger partial charge is 0.183 e. The molecule has 1 N–H and O–H groups in total. The number of fused-ring (bicyclic) bond motifs is 3. The van der Waals surface area contributed by atoms with Crippen LogP contribution >= 0.6 is 0 Å². The molecule has 2 aromatic heterocycles. The number of nitrogens with zero attached hydrogens (tertiary/aromatic N) is 3. The van der Waals surface area contributed by atoms with Crippen molar-refractivity contribution in [3.63, 3.8) is 0 Å². The first kappa shape index (κ1) is 12.2. The summed E-state index contributed by atoms with van der Waals surface area (Å²) in [6.45, 7) is 3.10. The van der Waals surface area contributed by atoms with Gasteiger partial charge in [-0.05, 0) is 44.2 Å². The largest absolute Gasteiger partial charge is 0.370 e. The number of nitrogens with one attached hydrogen (secondary N) is 1. The number of hydrogen-bond donors (Lipinski definition) is 1. The summed E-state index contributed by atoms with van der Waals surface area (Å²) in [6.07, 6.45) is 8.13.